The molecule has 0 aliphatic rings. The summed E-state index contributed by atoms with van der Waals surface area (Å²) >= 11 is 0. The molecule has 0 N–H and O–H groups in total. The van der Waals surface area contributed by atoms with E-state index in [0.717, 1.165) is 0 Å². The first-order chi connectivity index (χ1) is 7.38. The van der Waals surface area contributed by atoms with Crippen molar-refractivity contribution in [1.82, 2.24) is 0 Å². The molecule has 0 aliphatic heterocycles. The third kappa shape index (κ3) is 4.61. The van der Waals surface area contributed by atoms with Gasteiger partial charge in [0.15, 0.2) is 0 Å². The number of benzene rings is 2. The van der Waals surface area contributed by atoms with E-state index in [1.807, 2.05) is 12.1 Å². The van der Waals surface area contributed by atoms with E-state index in [1.54, 1.807) is 0 Å². The summed E-state index contributed by atoms with van der Waals surface area (Å²) in [5.74, 6) is 0. The molecule has 2 aromatic rings. The second kappa shape index (κ2) is 8.49. The van der Waals surface area contributed by atoms with Crippen molar-refractivity contribution in [2.24, 2.45) is 0 Å². The molecule has 0 saturated heterocycles. The highest BCUT2D eigenvalue weighted by Crippen LogP contribution is 2.17. The molecule has 0 aromatic heterocycles. The van der Waals surface area contributed by atoms with E-state index in [-0.39, 0.29) is 9.90 Å². The summed E-state index contributed by atoms with van der Waals surface area (Å²) in [6, 6.07) is 20.8. The Hall–Kier alpha value is -1.82. The maximum atomic E-state index is 6.75. The van der Waals surface area contributed by atoms with Gasteiger partial charge in [-0.2, -0.15) is 9.90 Å². The van der Waals surface area contributed by atoms with E-state index in [0.29, 0.717) is 0 Å². The monoisotopic (exact) mass is 230 g/mol. The maximum Gasteiger partial charge on any atom is -0.0184 e. The number of nitrogens with zero attached hydrogens (tertiary/aromatic N) is 3. The number of rotatable bonds is 1. The van der Waals surface area contributed by atoms with Gasteiger partial charge in [0.05, 0.1) is 0 Å². The first-order valence-corrected chi connectivity index (χ1v) is 4.47. The largest absolute Gasteiger partial charge is 0.373 e. The molecule has 1 unspecified atom stereocenters. The lowest BCUT2D eigenvalue weighted by Gasteiger charge is -1.98. The van der Waals surface area contributed by atoms with Crippen molar-refractivity contribution in [1.29, 1.82) is 0 Å². The summed E-state index contributed by atoms with van der Waals surface area (Å²) in [6.45, 7) is 0. The standard InChI is InChI=1S/C12H10.N3.H3P/c1-3-7-11(8-4-1)12-9-5-2-6-10-12;1-3-2;/h1-10H;;1H3/q;-1;. The number of hydrogen-bond donors (Lipinski definition) is 0. The van der Waals surface area contributed by atoms with Crippen LogP contribution in [0.1, 0.15) is 0 Å². The Morgan fingerprint density at radius 1 is 0.625 bits per heavy atom. The Balaban J connectivity index is 0.000000511. The van der Waals surface area contributed by atoms with Gasteiger partial charge < -0.3 is 11.1 Å². The predicted octanol–water partition coefficient (Wildman–Crippen LogP) is 4.28. The Morgan fingerprint density at radius 2 is 0.875 bits per heavy atom. The molecule has 0 fully saturated rings. The van der Waals surface area contributed by atoms with Gasteiger partial charge in [-0.15, -0.1) is 0 Å². The van der Waals surface area contributed by atoms with Gasteiger partial charge in [0.25, 0.3) is 0 Å². The Bertz CT molecular complexity index is 385. The van der Waals surface area contributed by atoms with Gasteiger partial charge in [-0.1, -0.05) is 60.7 Å². The summed E-state index contributed by atoms with van der Waals surface area (Å²) in [7, 11) is 0. The molecule has 0 saturated carbocycles. The number of hydrogen-bond acceptors (Lipinski definition) is 0. The summed E-state index contributed by atoms with van der Waals surface area (Å²) < 4.78 is 0. The molecule has 0 heterocycles. The molecule has 4 heteroatoms. The fraction of sp³-hybridized carbons (Fsp3) is 0. The Morgan fingerprint density at radius 3 is 1.12 bits per heavy atom. The quantitative estimate of drug-likeness (QED) is 0.304. The van der Waals surface area contributed by atoms with Gasteiger partial charge in [-0.05, 0) is 11.1 Å². The first kappa shape index (κ1) is 14.2. The zero-order valence-electron chi connectivity index (χ0n) is 8.82. The van der Waals surface area contributed by atoms with E-state index >= 15 is 0 Å². The second-order valence-electron chi connectivity index (χ2n) is 2.82. The summed E-state index contributed by atoms with van der Waals surface area (Å²) in [6.07, 6.45) is 0. The first-order valence-electron chi connectivity index (χ1n) is 4.47. The molecule has 0 aliphatic carbocycles. The van der Waals surface area contributed by atoms with Crippen LogP contribution in [0.4, 0.5) is 0 Å². The van der Waals surface area contributed by atoms with Crippen molar-refractivity contribution < 1.29 is 0 Å². The van der Waals surface area contributed by atoms with Crippen LogP contribution >= 0.6 is 9.90 Å². The van der Waals surface area contributed by atoms with Crippen LogP contribution < -0.4 is 0 Å². The molecule has 82 valence electrons. The molecule has 16 heavy (non-hydrogen) atoms. The third-order valence-electron chi connectivity index (χ3n) is 1.88. The fourth-order valence-corrected chi connectivity index (χ4v) is 1.26. The highest BCUT2D eigenvalue weighted by Gasteiger charge is 1.91. The van der Waals surface area contributed by atoms with E-state index in [9.17, 15) is 0 Å². The Kier molecular flexibility index (Phi) is 7.52. The van der Waals surface area contributed by atoms with E-state index in [4.69, 9.17) is 11.1 Å². The van der Waals surface area contributed by atoms with E-state index in [1.165, 1.54) is 16.0 Å². The average Bonchev–Trinajstić information content (AvgIpc) is 2.32. The van der Waals surface area contributed by atoms with Crippen molar-refractivity contribution in [2.45, 2.75) is 0 Å². The third-order valence-corrected chi connectivity index (χ3v) is 1.88. The highest BCUT2D eigenvalue weighted by molar-refractivity contribution is 6.92. The van der Waals surface area contributed by atoms with Crippen LogP contribution in [0.15, 0.2) is 60.7 Å². The SMILES string of the molecule is P.[N-]=[N+]=[N-].c1ccc(-c2ccccc2)cc1. The average molecular weight is 230 g/mol. The maximum absolute atomic E-state index is 6.75. The molecule has 2 aromatic carbocycles. The lowest BCUT2D eigenvalue weighted by molar-refractivity contribution is 1.62. The summed E-state index contributed by atoms with van der Waals surface area (Å²) in [4.78, 5) is 1.50. The van der Waals surface area contributed by atoms with Gasteiger partial charge in [0.2, 0.25) is 0 Å². The van der Waals surface area contributed by atoms with Crippen LogP contribution in [0.3, 0.4) is 0 Å². The minimum Gasteiger partial charge on any atom is -0.373 e. The molecule has 0 amide bonds. The molecule has 2 rings (SSSR count). The molecule has 3 nitrogen and oxygen atoms in total. The van der Waals surface area contributed by atoms with Crippen LogP contribution in [0, 0.1) is 0 Å². The topological polar surface area (TPSA) is 58.7 Å². The minimum atomic E-state index is 0. The lowest BCUT2D eigenvalue weighted by atomic mass is 10.1. The molecule has 0 spiro atoms. The highest BCUT2D eigenvalue weighted by atomic mass is 31.0. The molecule has 0 bridgehead atoms. The van der Waals surface area contributed by atoms with Gasteiger partial charge in [-0.25, -0.2) is 0 Å². The zero-order chi connectivity index (χ0) is 10.9. The molecule has 1 atom stereocenters. The van der Waals surface area contributed by atoms with Crippen LogP contribution in [0.25, 0.3) is 27.1 Å². The summed E-state index contributed by atoms with van der Waals surface area (Å²) in [5, 5.41) is 0. The lowest BCUT2D eigenvalue weighted by Crippen LogP contribution is -1.73. The molecular weight excluding hydrogens is 217 g/mol. The van der Waals surface area contributed by atoms with Crippen molar-refractivity contribution >= 4 is 9.90 Å². The van der Waals surface area contributed by atoms with Gasteiger partial charge >= 0.3 is 0 Å². The van der Waals surface area contributed by atoms with E-state index < -0.39 is 0 Å². The van der Waals surface area contributed by atoms with Crippen molar-refractivity contribution in [2.75, 3.05) is 0 Å². The van der Waals surface area contributed by atoms with Gasteiger partial charge in [0.1, 0.15) is 0 Å². The van der Waals surface area contributed by atoms with Crippen LogP contribution in [-0.2, 0) is 0 Å². The second-order valence-corrected chi connectivity index (χ2v) is 2.82. The Labute approximate surface area is 98.2 Å². The molecule has 0 radical (unpaired) electrons. The van der Waals surface area contributed by atoms with Crippen molar-refractivity contribution in [3.63, 3.8) is 0 Å². The smallest absolute Gasteiger partial charge is 0.0184 e. The minimum absolute atomic E-state index is 0. The van der Waals surface area contributed by atoms with E-state index in [2.05, 4.69) is 48.5 Å². The zero-order valence-corrected chi connectivity index (χ0v) is 10.2. The normalized spacial score (nSPS) is 7.75. The van der Waals surface area contributed by atoms with Crippen LogP contribution in [0.2, 0.25) is 0 Å². The van der Waals surface area contributed by atoms with Crippen LogP contribution in [0.5, 0.6) is 0 Å². The van der Waals surface area contributed by atoms with Gasteiger partial charge in [-0.3, -0.25) is 4.91 Å². The van der Waals surface area contributed by atoms with Crippen molar-refractivity contribution in [3.8, 4) is 11.1 Å². The van der Waals surface area contributed by atoms with Crippen LogP contribution in [-0.4, -0.2) is 0 Å². The molecular formula is C12H13N3P-. The fourth-order valence-electron chi connectivity index (χ4n) is 1.26. The van der Waals surface area contributed by atoms with Crippen molar-refractivity contribution in [3.05, 3.63) is 76.6 Å². The van der Waals surface area contributed by atoms with Gasteiger partial charge in [0, 0.05) is 0 Å². The predicted molar refractivity (Wildman–Crippen MR) is 73.1 cm³/mol. The summed E-state index contributed by atoms with van der Waals surface area (Å²) in [5.41, 5.74) is 16.1.